The summed E-state index contributed by atoms with van der Waals surface area (Å²) in [4.78, 5) is 23.9. The molecule has 1 atom stereocenters. The SMILES string of the molecule is CCCC(C)(NC(=O)c1ccc(F)cc1O)C(=O)OC. The first-order valence-corrected chi connectivity index (χ1v) is 6.23. The standard InChI is InChI=1S/C14H18FNO4/c1-4-7-14(2,13(19)20-3)16-12(18)10-6-5-9(15)8-11(10)17/h5-6,8,17H,4,7H2,1-3H3,(H,16,18). The smallest absolute Gasteiger partial charge is 0.331 e. The fourth-order valence-electron chi connectivity index (χ4n) is 1.96. The number of benzene rings is 1. The van der Waals surface area contributed by atoms with E-state index >= 15 is 0 Å². The number of aromatic hydroxyl groups is 1. The maximum absolute atomic E-state index is 12.9. The van der Waals surface area contributed by atoms with Gasteiger partial charge in [0.1, 0.15) is 17.1 Å². The van der Waals surface area contributed by atoms with Gasteiger partial charge in [-0.15, -0.1) is 0 Å². The summed E-state index contributed by atoms with van der Waals surface area (Å²) in [5.74, 6) is -2.37. The van der Waals surface area contributed by atoms with Crippen LogP contribution in [0.25, 0.3) is 0 Å². The van der Waals surface area contributed by atoms with E-state index in [1.165, 1.54) is 7.11 Å². The quantitative estimate of drug-likeness (QED) is 0.810. The van der Waals surface area contributed by atoms with E-state index in [-0.39, 0.29) is 5.56 Å². The summed E-state index contributed by atoms with van der Waals surface area (Å²) in [6, 6.07) is 3.05. The first-order chi connectivity index (χ1) is 9.34. The Morgan fingerprint density at radius 1 is 1.45 bits per heavy atom. The van der Waals surface area contributed by atoms with Crippen molar-refractivity contribution in [3.05, 3.63) is 29.6 Å². The zero-order chi connectivity index (χ0) is 15.3. The second kappa shape index (κ2) is 6.36. The van der Waals surface area contributed by atoms with Crippen molar-refractivity contribution in [1.82, 2.24) is 5.32 Å². The van der Waals surface area contributed by atoms with Crippen LogP contribution in [0, 0.1) is 5.82 Å². The summed E-state index contributed by atoms with van der Waals surface area (Å²) in [7, 11) is 1.23. The molecule has 2 N–H and O–H groups in total. The van der Waals surface area contributed by atoms with E-state index in [0.717, 1.165) is 18.2 Å². The number of ether oxygens (including phenoxy) is 1. The van der Waals surface area contributed by atoms with Crippen LogP contribution in [0.4, 0.5) is 4.39 Å². The van der Waals surface area contributed by atoms with E-state index in [0.29, 0.717) is 12.8 Å². The summed E-state index contributed by atoms with van der Waals surface area (Å²) < 4.78 is 17.6. The Hall–Kier alpha value is -2.11. The molecule has 110 valence electrons. The van der Waals surface area contributed by atoms with Gasteiger partial charge in [-0.2, -0.15) is 0 Å². The number of rotatable bonds is 5. The number of hydrogen-bond donors (Lipinski definition) is 2. The van der Waals surface area contributed by atoms with Crippen molar-refractivity contribution in [2.75, 3.05) is 7.11 Å². The summed E-state index contributed by atoms with van der Waals surface area (Å²) >= 11 is 0. The highest BCUT2D eigenvalue weighted by Crippen LogP contribution is 2.21. The Morgan fingerprint density at radius 3 is 2.60 bits per heavy atom. The predicted octanol–water partition coefficient (Wildman–Crippen LogP) is 1.99. The molecule has 0 aromatic heterocycles. The van der Waals surface area contributed by atoms with E-state index in [4.69, 9.17) is 0 Å². The Morgan fingerprint density at radius 2 is 2.10 bits per heavy atom. The van der Waals surface area contributed by atoms with Gasteiger partial charge in [0, 0.05) is 6.07 Å². The molecular formula is C14H18FNO4. The first kappa shape index (κ1) is 15.9. The van der Waals surface area contributed by atoms with E-state index < -0.39 is 29.0 Å². The molecule has 0 bridgehead atoms. The van der Waals surface area contributed by atoms with E-state index in [2.05, 4.69) is 10.1 Å². The van der Waals surface area contributed by atoms with Crippen LogP contribution in [0.1, 0.15) is 37.0 Å². The highest BCUT2D eigenvalue weighted by molar-refractivity contribution is 6.00. The largest absolute Gasteiger partial charge is 0.507 e. The lowest BCUT2D eigenvalue weighted by atomic mass is 9.95. The van der Waals surface area contributed by atoms with Crippen LogP contribution in [0.15, 0.2) is 18.2 Å². The monoisotopic (exact) mass is 283 g/mol. The van der Waals surface area contributed by atoms with Gasteiger partial charge < -0.3 is 15.2 Å². The average molecular weight is 283 g/mol. The summed E-state index contributed by atoms with van der Waals surface area (Å²) in [5, 5.41) is 12.1. The topological polar surface area (TPSA) is 75.6 Å². The third kappa shape index (κ3) is 3.46. The fraction of sp³-hybridized carbons (Fsp3) is 0.429. The number of carbonyl (C=O) groups is 2. The lowest BCUT2D eigenvalue weighted by molar-refractivity contribution is -0.147. The molecule has 1 unspecified atom stereocenters. The van der Waals surface area contributed by atoms with Crippen LogP contribution < -0.4 is 5.32 Å². The maximum atomic E-state index is 12.9. The van der Waals surface area contributed by atoms with Crippen LogP contribution in [0.5, 0.6) is 5.75 Å². The molecule has 5 nitrogen and oxygen atoms in total. The van der Waals surface area contributed by atoms with E-state index in [1.54, 1.807) is 6.92 Å². The van der Waals surface area contributed by atoms with Crippen molar-refractivity contribution in [3.63, 3.8) is 0 Å². The van der Waals surface area contributed by atoms with Gasteiger partial charge in [-0.05, 0) is 25.5 Å². The maximum Gasteiger partial charge on any atom is 0.331 e. The minimum atomic E-state index is -1.19. The van der Waals surface area contributed by atoms with Crippen molar-refractivity contribution in [2.24, 2.45) is 0 Å². The predicted molar refractivity (Wildman–Crippen MR) is 70.9 cm³/mol. The van der Waals surface area contributed by atoms with Crippen molar-refractivity contribution in [2.45, 2.75) is 32.2 Å². The molecular weight excluding hydrogens is 265 g/mol. The van der Waals surface area contributed by atoms with Gasteiger partial charge in [-0.1, -0.05) is 13.3 Å². The summed E-state index contributed by atoms with van der Waals surface area (Å²) in [6.07, 6.45) is 1.04. The number of carbonyl (C=O) groups excluding carboxylic acids is 2. The number of phenols is 1. The highest BCUT2D eigenvalue weighted by atomic mass is 19.1. The van der Waals surface area contributed by atoms with E-state index in [9.17, 15) is 19.1 Å². The number of methoxy groups -OCH3 is 1. The van der Waals surface area contributed by atoms with Gasteiger partial charge in [-0.3, -0.25) is 4.79 Å². The minimum Gasteiger partial charge on any atom is -0.507 e. The Bertz CT molecular complexity index is 518. The van der Waals surface area contributed by atoms with Gasteiger partial charge in [-0.25, -0.2) is 9.18 Å². The Kier molecular flexibility index (Phi) is 5.07. The molecule has 0 radical (unpaired) electrons. The van der Waals surface area contributed by atoms with Crippen LogP contribution in [0.3, 0.4) is 0 Å². The van der Waals surface area contributed by atoms with Gasteiger partial charge in [0.05, 0.1) is 12.7 Å². The lowest BCUT2D eigenvalue weighted by Gasteiger charge is -2.27. The van der Waals surface area contributed by atoms with Crippen LogP contribution >= 0.6 is 0 Å². The fourth-order valence-corrected chi connectivity index (χ4v) is 1.96. The molecule has 1 aromatic carbocycles. The molecule has 0 spiro atoms. The van der Waals surface area contributed by atoms with Crippen LogP contribution in [-0.2, 0) is 9.53 Å². The molecule has 0 fully saturated rings. The molecule has 0 aliphatic carbocycles. The molecule has 1 rings (SSSR count). The second-order valence-electron chi connectivity index (χ2n) is 4.69. The van der Waals surface area contributed by atoms with Gasteiger partial charge in [0.15, 0.2) is 0 Å². The molecule has 0 saturated carbocycles. The number of esters is 1. The van der Waals surface area contributed by atoms with Crippen LogP contribution in [0.2, 0.25) is 0 Å². The van der Waals surface area contributed by atoms with E-state index in [1.807, 2.05) is 6.92 Å². The van der Waals surface area contributed by atoms with Gasteiger partial charge >= 0.3 is 5.97 Å². The molecule has 0 aliphatic rings. The van der Waals surface area contributed by atoms with Gasteiger partial charge in [0.25, 0.3) is 5.91 Å². The summed E-state index contributed by atoms with van der Waals surface area (Å²) in [5.41, 5.74) is -1.29. The average Bonchev–Trinajstić information content (AvgIpc) is 2.37. The number of phenolic OH excluding ortho intramolecular Hbond substituents is 1. The third-order valence-electron chi connectivity index (χ3n) is 2.98. The van der Waals surface area contributed by atoms with Crippen molar-refractivity contribution in [1.29, 1.82) is 0 Å². The molecule has 20 heavy (non-hydrogen) atoms. The second-order valence-corrected chi connectivity index (χ2v) is 4.69. The number of amides is 1. The molecule has 0 saturated heterocycles. The zero-order valence-electron chi connectivity index (χ0n) is 11.7. The minimum absolute atomic E-state index is 0.0994. The Labute approximate surface area is 116 Å². The van der Waals surface area contributed by atoms with Crippen molar-refractivity contribution >= 4 is 11.9 Å². The highest BCUT2D eigenvalue weighted by Gasteiger charge is 2.35. The summed E-state index contributed by atoms with van der Waals surface area (Å²) in [6.45, 7) is 3.41. The number of halogens is 1. The van der Waals surface area contributed by atoms with Crippen molar-refractivity contribution < 1.29 is 23.8 Å². The molecule has 1 aromatic rings. The van der Waals surface area contributed by atoms with Crippen molar-refractivity contribution in [3.8, 4) is 5.75 Å². The molecule has 6 heteroatoms. The normalized spacial score (nSPS) is 13.4. The molecule has 0 heterocycles. The third-order valence-corrected chi connectivity index (χ3v) is 2.98. The zero-order valence-corrected chi connectivity index (χ0v) is 11.7. The molecule has 0 aliphatic heterocycles. The molecule has 1 amide bonds. The number of hydrogen-bond acceptors (Lipinski definition) is 4. The Balaban J connectivity index is 2.99. The van der Waals surface area contributed by atoms with Crippen LogP contribution in [-0.4, -0.2) is 29.6 Å². The number of nitrogens with one attached hydrogen (secondary N) is 1. The van der Waals surface area contributed by atoms with Gasteiger partial charge in [0.2, 0.25) is 0 Å². The lowest BCUT2D eigenvalue weighted by Crippen LogP contribution is -2.52. The first-order valence-electron chi connectivity index (χ1n) is 6.23.